The summed E-state index contributed by atoms with van der Waals surface area (Å²) in [6.45, 7) is 4.32. The third-order valence-corrected chi connectivity index (χ3v) is 7.24. The Balaban J connectivity index is 1.63. The molecule has 0 heterocycles. The fourth-order valence-electron chi connectivity index (χ4n) is 5.71. The van der Waals surface area contributed by atoms with Gasteiger partial charge in [-0.2, -0.15) is 0 Å². The summed E-state index contributed by atoms with van der Waals surface area (Å²) in [5.41, 5.74) is 7.68. The van der Waals surface area contributed by atoms with Crippen molar-refractivity contribution in [2.75, 3.05) is 0 Å². The van der Waals surface area contributed by atoms with Crippen molar-refractivity contribution in [3.63, 3.8) is 0 Å². The average molecular weight is 433 g/mol. The van der Waals surface area contributed by atoms with Gasteiger partial charge in [-0.3, -0.25) is 0 Å². The van der Waals surface area contributed by atoms with E-state index < -0.39 is 0 Å². The van der Waals surface area contributed by atoms with Crippen LogP contribution in [-0.4, -0.2) is 0 Å². The lowest BCUT2D eigenvalue weighted by molar-refractivity contribution is 1.47. The predicted molar refractivity (Wildman–Crippen MR) is 148 cm³/mol. The maximum atomic E-state index is 2.40. The van der Waals surface area contributed by atoms with Gasteiger partial charge in [-0.1, -0.05) is 96.1 Å². The summed E-state index contributed by atoms with van der Waals surface area (Å²) in [4.78, 5) is 0. The molecule has 7 aromatic rings. The van der Waals surface area contributed by atoms with Crippen LogP contribution in [0.25, 0.3) is 65.3 Å². The summed E-state index contributed by atoms with van der Waals surface area (Å²) >= 11 is 0. The zero-order valence-corrected chi connectivity index (χ0v) is 19.4. The maximum absolute atomic E-state index is 2.40. The highest BCUT2D eigenvalue weighted by atomic mass is 14.2. The summed E-state index contributed by atoms with van der Waals surface area (Å²) in [5, 5.41) is 10.7. The molecule has 0 bridgehead atoms. The van der Waals surface area contributed by atoms with Gasteiger partial charge in [-0.05, 0) is 103 Å². The molecule has 160 valence electrons. The van der Waals surface area contributed by atoms with Gasteiger partial charge < -0.3 is 0 Å². The molecular formula is C34H24. The van der Waals surface area contributed by atoms with Gasteiger partial charge in [0.2, 0.25) is 0 Å². The number of hydrogen-bond donors (Lipinski definition) is 0. The van der Waals surface area contributed by atoms with E-state index in [9.17, 15) is 0 Å². The van der Waals surface area contributed by atoms with E-state index in [1.54, 1.807) is 0 Å². The second-order valence-electron chi connectivity index (χ2n) is 9.59. The van der Waals surface area contributed by atoms with Crippen molar-refractivity contribution in [1.29, 1.82) is 0 Å². The van der Waals surface area contributed by atoms with Gasteiger partial charge in [0.25, 0.3) is 0 Å². The van der Waals surface area contributed by atoms with Crippen molar-refractivity contribution >= 4 is 43.1 Å². The van der Waals surface area contributed by atoms with Crippen LogP contribution in [0.5, 0.6) is 0 Å². The molecule has 0 saturated heterocycles. The minimum Gasteiger partial charge on any atom is -0.0614 e. The van der Waals surface area contributed by atoms with E-state index in [0.717, 1.165) is 0 Å². The molecule has 0 amide bonds. The normalized spacial score (nSPS) is 11.8. The first-order valence-corrected chi connectivity index (χ1v) is 11.9. The lowest BCUT2D eigenvalue weighted by Gasteiger charge is -2.17. The first-order chi connectivity index (χ1) is 16.7. The highest BCUT2D eigenvalue weighted by Crippen LogP contribution is 2.43. The summed E-state index contributed by atoms with van der Waals surface area (Å²) in [5.74, 6) is 0. The summed E-state index contributed by atoms with van der Waals surface area (Å²) in [6, 6.07) is 40.7. The molecular weight excluding hydrogens is 408 g/mol. The highest BCUT2D eigenvalue weighted by Gasteiger charge is 2.15. The van der Waals surface area contributed by atoms with Crippen molar-refractivity contribution < 1.29 is 0 Å². The maximum Gasteiger partial charge on any atom is -0.00259 e. The Morgan fingerprint density at radius 3 is 1.24 bits per heavy atom. The number of rotatable bonds is 2. The SMILES string of the molecule is Cc1cccc(-c2cc3cccc4c5cc(-c6cccc(C)c6)cc6cccc(c(c2)c34)c65)c1. The lowest BCUT2D eigenvalue weighted by Crippen LogP contribution is -1.90. The number of fused-ring (bicyclic) bond motifs is 2. The van der Waals surface area contributed by atoms with Crippen molar-refractivity contribution in [2.45, 2.75) is 13.8 Å². The minimum atomic E-state index is 1.27. The smallest absolute Gasteiger partial charge is 0.00259 e. The molecule has 0 radical (unpaired) electrons. The molecule has 0 N–H and O–H groups in total. The molecule has 0 saturated carbocycles. The molecule has 0 fully saturated rings. The molecule has 0 aliphatic rings. The van der Waals surface area contributed by atoms with Crippen LogP contribution in [-0.2, 0) is 0 Å². The molecule has 0 nitrogen and oxygen atoms in total. The number of benzene rings is 7. The van der Waals surface area contributed by atoms with E-state index in [1.807, 2.05) is 0 Å². The summed E-state index contributed by atoms with van der Waals surface area (Å²) < 4.78 is 0. The van der Waals surface area contributed by atoms with Gasteiger partial charge in [0.1, 0.15) is 0 Å². The van der Waals surface area contributed by atoms with E-state index in [-0.39, 0.29) is 0 Å². The standard InChI is InChI=1S/C34H24/c1-21-7-3-9-23(15-21)27-17-25-11-5-14-30-32-20-28(24-10-4-8-22(2)16-24)18-26-12-6-13-29(34(26)32)31(19-27)33(25)30/h3-20H,1-2H3. The third kappa shape index (κ3) is 2.85. The fourth-order valence-corrected chi connectivity index (χ4v) is 5.71. The van der Waals surface area contributed by atoms with E-state index >= 15 is 0 Å². The number of aryl methyl sites for hydroxylation is 2. The van der Waals surface area contributed by atoms with Gasteiger partial charge in [0, 0.05) is 0 Å². The second kappa shape index (κ2) is 7.17. The van der Waals surface area contributed by atoms with Crippen LogP contribution in [0.1, 0.15) is 11.1 Å². The Morgan fingerprint density at radius 2 is 0.794 bits per heavy atom. The van der Waals surface area contributed by atoms with E-state index in [4.69, 9.17) is 0 Å². The molecule has 34 heavy (non-hydrogen) atoms. The van der Waals surface area contributed by atoms with Crippen LogP contribution in [0.4, 0.5) is 0 Å². The monoisotopic (exact) mass is 432 g/mol. The van der Waals surface area contributed by atoms with Crippen molar-refractivity contribution in [2.24, 2.45) is 0 Å². The van der Waals surface area contributed by atoms with Crippen LogP contribution in [0.15, 0.2) is 109 Å². The van der Waals surface area contributed by atoms with Crippen molar-refractivity contribution in [1.82, 2.24) is 0 Å². The molecule has 0 heteroatoms. The van der Waals surface area contributed by atoms with Gasteiger partial charge in [-0.15, -0.1) is 0 Å². The van der Waals surface area contributed by atoms with Gasteiger partial charge >= 0.3 is 0 Å². The Morgan fingerprint density at radius 1 is 0.353 bits per heavy atom. The van der Waals surface area contributed by atoms with Crippen molar-refractivity contribution in [3.05, 3.63) is 120 Å². The van der Waals surface area contributed by atoms with E-state index in [2.05, 4.69) is 123 Å². The Labute approximate surface area is 199 Å². The molecule has 0 aliphatic carbocycles. The molecule has 0 spiro atoms. The van der Waals surface area contributed by atoms with Crippen LogP contribution >= 0.6 is 0 Å². The minimum absolute atomic E-state index is 1.27. The Hall–Kier alpha value is -4.16. The van der Waals surface area contributed by atoms with Gasteiger partial charge in [0.15, 0.2) is 0 Å². The van der Waals surface area contributed by atoms with Gasteiger partial charge in [-0.25, -0.2) is 0 Å². The first-order valence-electron chi connectivity index (χ1n) is 11.9. The van der Waals surface area contributed by atoms with E-state index in [1.165, 1.54) is 76.5 Å². The highest BCUT2D eigenvalue weighted by molar-refractivity contribution is 6.33. The van der Waals surface area contributed by atoms with Gasteiger partial charge in [0.05, 0.1) is 0 Å². The third-order valence-electron chi connectivity index (χ3n) is 7.24. The Kier molecular flexibility index (Phi) is 4.07. The van der Waals surface area contributed by atoms with Crippen LogP contribution in [0, 0.1) is 13.8 Å². The first kappa shape index (κ1) is 19.3. The topological polar surface area (TPSA) is 0 Å². The summed E-state index contributed by atoms with van der Waals surface area (Å²) in [7, 11) is 0. The largest absolute Gasteiger partial charge is 0.0614 e. The molecule has 7 aromatic carbocycles. The zero-order chi connectivity index (χ0) is 22.8. The zero-order valence-electron chi connectivity index (χ0n) is 19.4. The second-order valence-corrected chi connectivity index (χ2v) is 9.59. The molecule has 0 aromatic heterocycles. The predicted octanol–water partition coefficient (Wildman–Crippen LogP) is 9.69. The molecule has 7 rings (SSSR count). The fraction of sp³-hybridized carbons (Fsp3) is 0.0588. The van der Waals surface area contributed by atoms with Crippen molar-refractivity contribution in [3.8, 4) is 22.3 Å². The van der Waals surface area contributed by atoms with Crippen LogP contribution in [0.3, 0.4) is 0 Å². The van der Waals surface area contributed by atoms with Crippen LogP contribution in [0.2, 0.25) is 0 Å². The lowest BCUT2D eigenvalue weighted by atomic mass is 9.86. The Bertz CT molecular complexity index is 1730. The average Bonchev–Trinajstić information content (AvgIpc) is 2.86. The molecule has 0 atom stereocenters. The molecule has 0 aliphatic heterocycles. The van der Waals surface area contributed by atoms with E-state index in [0.29, 0.717) is 0 Å². The quantitative estimate of drug-likeness (QED) is 0.188. The molecule has 0 unspecified atom stereocenters. The summed E-state index contributed by atoms with van der Waals surface area (Å²) in [6.07, 6.45) is 0. The van der Waals surface area contributed by atoms with Crippen LogP contribution < -0.4 is 0 Å². The number of hydrogen-bond acceptors (Lipinski definition) is 0.